The minimum atomic E-state index is 0.0159. The molecule has 1 aliphatic rings. The van der Waals surface area contributed by atoms with Gasteiger partial charge in [-0.2, -0.15) is 4.98 Å². The number of ether oxygens (including phenoxy) is 1. The molecular formula is C21H21N3O3. The Kier molecular flexibility index (Phi) is 4.87. The maximum atomic E-state index is 12.9. The molecular weight excluding hydrogens is 342 g/mol. The molecule has 1 fully saturated rings. The molecule has 4 rings (SSSR count). The first kappa shape index (κ1) is 17.3. The quantitative estimate of drug-likeness (QED) is 0.695. The summed E-state index contributed by atoms with van der Waals surface area (Å²) in [6, 6.07) is 16.8. The highest BCUT2D eigenvalue weighted by Gasteiger charge is 2.28. The monoisotopic (exact) mass is 363 g/mol. The van der Waals surface area contributed by atoms with Gasteiger partial charge in [-0.1, -0.05) is 23.4 Å². The summed E-state index contributed by atoms with van der Waals surface area (Å²) in [5.41, 5.74) is 0.651. The Hall–Kier alpha value is -3.15. The van der Waals surface area contributed by atoms with Gasteiger partial charge in [-0.25, -0.2) is 0 Å². The average molecular weight is 363 g/mol. The van der Waals surface area contributed by atoms with Crippen molar-refractivity contribution < 1.29 is 14.1 Å². The van der Waals surface area contributed by atoms with Gasteiger partial charge in [-0.05, 0) is 56.2 Å². The SMILES string of the molecule is Cc1noc([C@H]2CCCN(C(=O)c3ccc(Oc4ccccc4)cc3)C2)n1. The van der Waals surface area contributed by atoms with E-state index < -0.39 is 0 Å². The zero-order chi connectivity index (χ0) is 18.6. The van der Waals surface area contributed by atoms with Crippen LogP contribution in [0.25, 0.3) is 0 Å². The van der Waals surface area contributed by atoms with Gasteiger partial charge in [0.05, 0.1) is 5.92 Å². The van der Waals surface area contributed by atoms with Crippen molar-refractivity contribution in [3.63, 3.8) is 0 Å². The second-order valence-electron chi connectivity index (χ2n) is 6.71. The molecule has 2 heterocycles. The smallest absolute Gasteiger partial charge is 0.253 e. The van der Waals surface area contributed by atoms with Crippen LogP contribution in [-0.2, 0) is 0 Å². The zero-order valence-corrected chi connectivity index (χ0v) is 15.2. The van der Waals surface area contributed by atoms with Gasteiger partial charge in [0.2, 0.25) is 5.89 Å². The van der Waals surface area contributed by atoms with Gasteiger partial charge in [-0.15, -0.1) is 0 Å². The maximum Gasteiger partial charge on any atom is 0.253 e. The van der Waals surface area contributed by atoms with Crippen LogP contribution in [0.4, 0.5) is 0 Å². The first-order chi connectivity index (χ1) is 13.2. The second-order valence-corrected chi connectivity index (χ2v) is 6.71. The molecule has 138 valence electrons. The third kappa shape index (κ3) is 4.00. The van der Waals surface area contributed by atoms with Gasteiger partial charge in [0.1, 0.15) is 11.5 Å². The summed E-state index contributed by atoms with van der Waals surface area (Å²) in [4.78, 5) is 19.1. The summed E-state index contributed by atoms with van der Waals surface area (Å²) in [7, 11) is 0. The number of piperidine rings is 1. The number of benzene rings is 2. The van der Waals surface area contributed by atoms with E-state index in [0.717, 1.165) is 25.1 Å². The van der Waals surface area contributed by atoms with Crippen LogP contribution in [0.5, 0.6) is 11.5 Å². The number of para-hydroxylation sites is 1. The van der Waals surface area contributed by atoms with E-state index in [0.29, 0.717) is 29.6 Å². The van der Waals surface area contributed by atoms with Crippen LogP contribution in [0, 0.1) is 6.92 Å². The van der Waals surface area contributed by atoms with E-state index in [1.165, 1.54) is 0 Å². The molecule has 1 saturated heterocycles. The molecule has 0 spiro atoms. The minimum absolute atomic E-state index is 0.0159. The second kappa shape index (κ2) is 7.61. The highest BCUT2D eigenvalue weighted by atomic mass is 16.5. The highest BCUT2D eigenvalue weighted by molar-refractivity contribution is 5.94. The standard InChI is InChI=1S/C21H21N3O3/c1-15-22-20(27-23-15)17-6-5-13-24(14-17)21(25)16-9-11-19(12-10-16)26-18-7-3-2-4-8-18/h2-4,7-12,17H,5-6,13-14H2,1H3/t17-/m0/s1. The third-order valence-electron chi connectivity index (χ3n) is 4.68. The van der Waals surface area contributed by atoms with Crippen molar-refractivity contribution in [3.05, 3.63) is 71.9 Å². The molecule has 0 unspecified atom stereocenters. The molecule has 0 radical (unpaired) electrons. The number of hydrogen-bond donors (Lipinski definition) is 0. The molecule has 6 nitrogen and oxygen atoms in total. The van der Waals surface area contributed by atoms with E-state index in [1.54, 1.807) is 19.1 Å². The number of carbonyl (C=O) groups is 1. The number of rotatable bonds is 4. The topological polar surface area (TPSA) is 68.5 Å². The van der Waals surface area contributed by atoms with Gasteiger partial charge < -0.3 is 14.2 Å². The Labute approximate surface area is 157 Å². The Morgan fingerprint density at radius 1 is 1.11 bits per heavy atom. The lowest BCUT2D eigenvalue weighted by atomic mass is 9.97. The molecule has 3 aromatic rings. The van der Waals surface area contributed by atoms with Crippen LogP contribution in [0.2, 0.25) is 0 Å². The number of aromatic nitrogens is 2. The lowest BCUT2D eigenvalue weighted by Gasteiger charge is -2.31. The zero-order valence-electron chi connectivity index (χ0n) is 15.2. The van der Waals surface area contributed by atoms with Gasteiger partial charge in [0.25, 0.3) is 5.91 Å². The maximum absolute atomic E-state index is 12.9. The van der Waals surface area contributed by atoms with Gasteiger partial charge >= 0.3 is 0 Å². The summed E-state index contributed by atoms with van der Waals surface area (Å²) >= 11 is 0. The summed E-state index contributed by atoms with van der Waals surface area (Å²) < 4.78 is 11.1. The number of carbonyl (C=O) groups excluding carboxylic acids is 1. The third-order valence-corrected chi connectivity index (χ3v) is 4.68. The van der Waals surface area contributed by atoms with Crippen LogP contribution in [-0.4, -0.2) is 34.0 Å². The fourth-order valence-corrected chi connectivity index (χ4v) is 3.31. The molecule has 1 amide bonds. The Bertz CT molecular complexity index is 906. The lowest BCUT2D eigenvalue weighted by Crippen LogP contribution is -2.39. The summed E-state index contributed by atoms with van der Waals surface area (Å²) in [6.07, 6.45) is 1.88. The van der Waals surface area contributed by atoms with Crippen molar-refractivity contribution in [2.24, 2.45) is 0 Å². The highest BCUT2D eigenvalue weighted by Crippen LogP contribution is 2.27. The predicted molar refractivity (Wildman–Crippen MR) is 99.9 cm³/mol. The molecule has 1 atom stereocenters. The average Bonchev–Trinajstić information content (AvgIpc) is 3.15. The molecule has 2 aromatic carbocycles. The minimum Gasteiger partial charge on any atom is -0.457 e. The normalized spacial score (nSPS) is 16.9. The van der Waals surface area contributed by atoms with Crippen LogP contribution in [0.3, 0.4) is 0 Å². The molecule has 0 saturated carbocycles. The number of hydrogen-bond acceptors (Lipinski definition) is 5. The van der Waals surface area contributed by atoms with Gasteiger partial charge in [-0.3, -0.25) is 4.79 Å². The molecule has 1 aliphatic heterocycles. The Morgan fingerprint density at radius 3 is 2.56 bits per heavy atom. The summed E-state index contributed by atoms with van der Waals surface area (Å²) in [5.74, 6) is 2.84. The first-order valence-corrected chi connectivity index (χ1v) is 9.11. The van der Waals surface area contributed by atoms with Crippen molar-refractivity contribution in [1.82, 2.24) is 15.0 Å². The molecule has 6 heteroatoms. The van der Waals surface area contributed by atoms with Gasteiger partial charge in [0, 0.05) is 18.7 Å². The molecule has 1 aromatic heterocycles. The van der Waals surface area contributed by atoms with Crippen molar-refractivity contribution in [3.8, 4) is 11.5 Å². The predicted octanol–water partition coefficient (Wildman–Crippen LogP) is 4.19. The molecule has 0 N–H and O–H groups in total. The number of likely N-dealkylation sites (tertiary alicyclic amines) is 1. The van der Waals surface area contributed by atoms with E-state index in [1.807, 2.05) is 47.4 Å². The van der Waals surface area contributed by atoms with Crippen LogP contribution in [0.1, 0.15) is 40.8 Å². The van der Waals surface area contributed by atoms with Crippen LogP contribution < -0.4 is 4.74 Å². The Morgan fingerprint density at radius 2 is 1.85 bits per heavy atom. The van der Waals surface area contributed by atoms with E-state index in [2.05, 4.69) is 10.1 Å². The lowest BCUT2D eigenvalue weighted by molar-refractivity contribution is 0.0695. The molecule has 27 heavy (non-hydrogen) atoms. The summed E-state index contributed by atoms with van der Waals surface area (Å²) in [6.45, 7) is 3.14. The van der Waals surface area contributed by atoms with E-state index in [-0.39, 0.29) is 11.8 Å². The van der Waals surface area contributed by atoms with Crippen molar-refractivity contribution in [1.29, 1.82) is 0 Å². The largest absolute Gasteiger partial charge is 0.457 e. The van der Waals surface area contributed by atoms with Crippen molar-refractivity contribution in [2.75, 3.05) is 13.1 Å². The Balaban J connectivity index is 1.42. The molecule has 0 bridgehead atoms. The number of nitrogens with zero attached hydrogens (tertiary/aromatic N) is 3. The van der Waals surface area contributed by atoms with Crippen LogP contribution >= 0.6 is 0 Å². The van der Waals surface area contributed by atoms with Crippen molar-refractivity contribution in [2.45, 2.75) is 25.7 Å². The van der Waals surface area contributed by atoms with E-state index in [4.69, 9.17) is 9.26 Å². The number of aryl methyl sites for hydroxylation is 1. The fraction of sp³-hybridized carbons (Fsp3) is 0.286. The van der Waals surface area contributed by atoms with E-state index >= 15 is 0 Å². The summed E-state index contributed by atoms with van der Waals surface area (Å²) in [5, 5.41) is 3.86. The van der Waals surface area contributed by atoms with Gasteiger partial charge in [0.15, 0.2) is 5.82 Å². The van der Waals surface area contributed by atoms with E-state index in [9.17, 15) is 4.79 Å². The van der Waals surface area contributed by atoms with Crippen molar-refractivity contribution >= 4 is 5.91 Å². The van der Waals surface area contributed by atoms with Crippen LogP contribution in [0.15, 0.2) is 59.1 Å². The first-order valence-electron chi connectivity index (χ1n) is 9.11. The fourth-order valence-electron chi connectivity index (χ4n) is 3.31. The number of amides is 1. The molecule has 0 aliphatic carbocycles.